The van der Waals surface area contributed by atoms with Gasteiger partial charge in [0.2, 0.25) is 0 Å². The lowest BCUT2D eigenvalue weighted by Gasteiger charge is -2.12. The summed E-state index contributed by atoms with van der Waals surface area (Å²) in [5, 5.41) is 0. The Kier molecular flexibility index (Phi) is 23.3. The largest absolute Gasteiger partial charge is 0.462 e. The van der Waals surface area contributed by atoms with Gasteiger partial charge in [-0.1, -0.05) is 178 Å². The highest BCUT2D eigenvalue weighted by molar-refractivity contribution is 7.99. The average Bonchev–Trinajstić information content (AvgIpc) is 3.06. The van der Waals surface area contributed by atoms with Gasteiger partial charge >= 0.3 is 11.9 Å². The van der Waals surface area contributed by atoms with Gasteiger partial charge in [0, 0.05) is 9.79 Å². The maximum Gasteiger partial charge on any atom is 0.339 e. The molecule has 0 saturated heterocycles. The molecule has 0 amide bonds. The second-order valence-corrected chi connectivity index (χ2v) is 13.5. The lowest BCUT2D eigenvalue weighted by atomic mass is 10.1. The van der Waals surface area contributed by atoms with Crippen molar-refractivity contribution in [2.24, 2.45) is 0 Å². The van der Waals surface area contributed by atoms with Crippen LogP contribution in [-0.4, -0.2) is 25.2 Å². The zero-order chi connectivity index (χ0) is 32.2. The summed E-state index contributed by atoms with van der Waals surface area (Å²) in [6, 6.07) is 15.0. The van der Waals surface area contributed by atoms with Gasteiger partial charge in [-0.05, 0) is 37.1 Å². The Morgan fingerprint density at radius 3 is 1.07 bits per heavy atom. The van der Waals surface area contributed by atoms with Crippen molar-refractivity contribution >= 4 is 23.7 Å². The maximum atomic E-state index is 13.0. The molecule has 0 spiro atoms. The van der Waals surface area contributed by atoms with Crippen LogP contribution in [0.5, 0.6) is 0 Å². The minimum atomic E-state index is -0.304. The zero-order valence-corrected chi connectivity index (χ0v) is 29.4. The van der Waals surface area contributed by atoms with Crippen molar-refractivity contribution in [3.05, 3.63) is 59.7 Å². The van der Waals surface area contributed by atoms with Crippen molar-refractivity contribution in [1.82, 2.24) is 0 Å². The van der Waals surface area contributed by atoms with Crippen LogP contribution in [0.1, 0.15) is 176 Å². The summed E-state index contributed by atoms with van der Waals surface area (Å²) in [5.74, 6) is -0.608. The molecule has 2 rings (SSSR count). The highest BCUT2D eigenvalue weighted by Crippen LogP contribution is 2.33. The summed E-state index contributed by atoms with van der Waals surface area (Å²) in [5.41, 5.74) is 1.07. The number of ether oxygens (including phenoxy) is 2. The van der Waals surface area contributed by atoms with Crippen molar-refractivity contribution in [2.75, 3.05) is 13.2 Å². The van der Waals surface area contributed by atoms with Gasteiger partial charge in [0.25, 0.3) is 0 Å². The first-order valence-electron chi connectivity index (χ1n) is 18.4. The Balaban J connectivity index is 1.68. The summed E-state index contributed by atoms with van der Waals surface area (Å²) in [6.07, 6.45) is 27.8. The normalized spacial score (nSPS) is 11.1. The number of hydrogen-bond acceptors (Lipinski definition) is 5. The smallest absolute Gasteiger partial charge is 0.339 e. The number of benzene rings is 2. The van der Waals surface area contributed by atoms with E-state index in [9.17, 15) is 9.59 Å². The van der Waals surface area contributed by atoms with Crippen molar-refractivity contribution in [1.29, 1.82) is 0 Å². The molecule has 45 heavy (non-hydrogen) atoms. The number of unbranched alkanes of at least 4 members (excludes halogenated alkanes) is 20. The van der Waals surface area contributed by atoms with Gasteiger partial charge in [-0.3, -0.25) is 0 Å². The van der Waals surface area contributed by atoms with Crippen molar-refractivity contribution < 1.29 is 19.1 Å². The molecule has 4 nitrogen and oxygen atoms in total. The van der Waals surface area contributed by atoms with Crippen LogP contribution in [0.2, 0.25) is 0 Å². The molecule has 0 aliphatic carbocycles. The monoisotopic (exact) mass is 638 g/mol. The van der Waals surface area contributed by atoms with Crippen LogP contribution in [-0.2, 0) is 9.47 Å². The first kappa shape index (κ1) is 38.9. The fourth-order valence-electron chi connectivity index (χ4n) is 5.58. The van der Waals surface area contributed by atoms with Gasteiger partial charge in [-0.2, -0.15) is 0 Å². The summed E-state index contributed by atoms with van der Waals surface area (Å²) < 4.78 is 11.3. The highest BCUT2D eigenvalue weighted by atomic mass is 32.2. The molecule has 0 unspecified atom stereocenters. The third-order valence-electron chi connectivity index (χ3n) is 8.40. The lowest BCUT2D eigenvalue weighted by Crippen LogP contribution is -2.09. The van der Waals surface area contributed by atoms with E-state index in [1.807, 2.05) is 36.4 Å². The molecule has 0 aliphatic rings. The Labute approximate surface area is 279 Å². The van der Waals surface area contributed by atoms with Crippen molar-refractivity contribution in [3.8, 4) is 0 Å². The standard InChI is InChI=1S/C40H62O4S/c1-3-5-7-9-11-13-15-17-19-21-27-33-43-39(41)35-29-23-25-31-37(35)45-38-32-26-24-30-36(38)40(42)44-34-28-22-20-18-16-14-12-10-8-6-4-2/h23-26,29-32H,3-22,27-28,33-34H2,1-2H3. The van der Waals surface area contributed by atoms with Crippen LogP contribution in [0.4, 0.5) is 0 Å². The van der Waals surface area contributed by atoms with E-state index >= 15 is 0 Å². The van der Waals surface area contributed by atoms with E-state index in [4.69, 9.17) is 9.47 Å². The van der Waals surface area contributed by atoms with Crippen LogP contribution in [0.3, 0.4) is 0 Å². The maximum absolute atomic E-state index is 13.0. The fourth-order valence-corrected chi connectivity index (χ4v) is 6.64. The van der Waals surface area contributed by atoms with E-state index in [1.165, 1.54) is 127 Å². The van der Waals surface area contributed by atoms with Gasteiger partial charge in [-0.15, -0.1) is 0 Å². The topological polar surface area (TPSA) is 52.6 Å². The van der Waals surface area contributed by atoms with E-state index in [-0.39, 0.29) is 11.9 Å². The quantitative estimate of drug-likeness (QED) is 0.0685. The summed E-state index contributed by atoms with van der Waals surface area (Å²) in [7, 11) is 0. The average molecular weight is 639 g/mol. The molecule has 0 bridgehead atoms. The SMILES string of the molecule is CCCCCCCCCCCCCOC(=O)c1ccccc1Sc1ccccc1C(=O)OCCCCCCCCCCCCC. The number of carbonyl (C=O) groups excluding carboxylic acids is 2. The van der Waals surface area contributed by atoms with Gasteiger partial charge in [0.15, 0.2) is 0 Å². The van der Waals surface area contributed by atoms with Crippen molar-refractivity contribution in [2.45, 2.75) is 165 Å². The van der Waals surface area contributed by atoms with Crippen LogP contribution in [0.15, 0.2) is 58.3 Å². The Morgan fingerprint density at radius 1 is 0.444 bits per heavy atom. The van der Waals surface area contributed by atoms with Gasteiger partial charge in [-0.25, -0.2) is 9.59 Å². The molecule has 5 heteroatoms. The molecule has 0 fully saturated rings. The molecule has 2 aromatic carbocycles. The lowest BCUT2D eigenvalue weighted by molar-refractivity contribution is 0.0485. The third-order valence-corrected chi connectivity index (χ3v) is 9.55. The molecular formula is C40H62O4S. The Hall–Kier alpha value is -2.27. The molecule has 0 saturated carbocycles. The van der Waals surface area contributed by atoms with Gasteiger partial charge in [0.05, 0.1) is 24.3 Å². The predicted octanol–water partition coefficient (Wildman–Crippen LogP) is 12.8. The van der Waals surface area contributed by atoms with Crippen molar-refractivity contribution in [3.63, 3.8) is 0 Å². The van der Waals surface area contributed by atoms with Crippen LogP contribution >= 0.6 is 11.8 Å². The molecule has 2 aromatic rings. The zero-order valence-electron chi connectivity index (χ0n) is 28.6. The number of esters is 2. The van der Waals surface area contributed by atoms with Gasteiger partial charge < -0.3 is 9.47 Å². The Morgan fingerprint density at radius 2 is 0.733 bits per heavy atom. The molecule has 0 radical (unpaired) electrons. The summed E-state index contributed by atoms with van der Waals surface area (Å²) in [4.78, 5) is 27.5. The van der Waals surface area contributed by atoms with Gasteiger partial charge in [0.1, 0.15) is 0 Å². The van der Waals surface area contributed by atoms with E-state index in [2.05, 4.69) is 13.8 Å². The number of carbonyl (C=O) groups is 2. The summed E-state index contributed by atoms with van der Waals surface area (Å²) >= 11 is 1.42. The van der Waals surface area contributed by atoms with E-state index in [0.29, 0.717) is 24.3 Å². The fraction of sp³-hybridized carbons (Fsp3) is 0.650. The minimum absolute atomic E-state index is 0.304. The first-order chi connectivity index (χ1) is 22.2. The molecule has 0 N–H and O–H groups in total. The molecule has 252 valence electrons. The minimum Gasteiger partial charge on any atom is -0.462 e. The number of hydrogen-bond donors (Lipinski definition) is 0. The van der Waals surface area contributed by atoms with Crippen LogP contribution in [0, 0.1) is 0 Å². The molecular weight excluding hydrogens is 577 g/mol. The molecule has 0 aromatic heterocycles. The molecule has 0 atom stereocenters. The second kappa shape index (κ2) is 26.9. The first-order valence-corrected chi connectivity index (χ1v) is 19.2. The van der Waals surface area contributed by atoms with E-state index < -0.39 is 0 Å². The third kappa shape index (κ3) is 18.5. The summed E-state index contributed by atoms with van der Waals surface area (Å²) in [6.45, 7) is 5.40. The molecule has 0 heterocycles. The predicted molar refractivity (Wildman–Crippen MR) is 190 cm³/mol. The van der Waals surface area contributed by atoms with E-state index in [0.717, 1.165) is 35.5 Å². The van der Waals surface area contributed by atoms with E-state index in [1.54, 1.807) is 12.1 Å². The second-order valence-electron chi connectivity index (χ2n) is 12.4. The highest BCUT2D eigenvalue weighted by Gasteiger charge is 2.18. The molecule has 0 aliphatic heterocycles. The van der Waals surface area contributed by atoms with Crippen LogP contribution < -0.4 is 0 Å². The van der Waals surface area contributed by atoms with Crippen LogP contribution in [0.25, 0.3) is 0 Å². The number of rotatable bonds is 28. The Bertz CT molecular complexity index is 955.